The van der Waals surface area contributed by atoms with Gasteiger partial charge in [-0.1, -0.05) is 30.7 Å². The van der Waals surface area contributed by atoms with Crippen LogP contribution < -0.4 is 5.32 Å². The first kappa shape index (κ1) is 14.6. The van der Waals surface area contributed by atoms with Gasteiger partial charge >= 0.3 is 0 Å². The van der Waals surface area contributed by atoms with E-state index < -0.39 is 0 Å². The molecule has 0 saturated carbocycles. The summed E-state index contributed by atoms with van der Waals surface area (Å²) in [5.41, 5.74) is 2.15. The molecular weight excluding hydrogens is 224 g/mol. The van der Waals surface area contributed by atoms with Gasteiger partial charge in [0.1, 0.15) is 5.71 Å². The normalized spacial score (nSPS) is 17.6. The van der Waals surface area contributed by atoms with Gasteiger partial charge in [-0.05, 0) is 44.3 Å². The molecule has 0 amide bonds. The van der Waals surface area contributed by atoms with Gasteiger partial charge in [0, 0.05) is 0 Å². The second-order valence-corrected chi connectivity index (χ2v) is 4.85. The topological polar surface area (TPSA) is 33.6 Å². The van der Waals surface area contributed by atoms with Crippen LogP contribution in [-0.2, 0) is 4.84 Å². The predicted molar refractivity (Wildman–Crippen MR) is 77.2 cm³/mol. The summed E-state index contributed by atoms with van der Waals surface area (Å²) in [6, 6.07) is 0. The largest absolute Gasteiger partial charge is 0.349 e. The maximum absolute atomic E-state index is 5.02. The van der Waals surface area contributed by atoms with Gasteiger partial charge in [-0.25, -0.2) is 0 Å². The molecule has 0 aromatic heterocycles. The second-order valence-electron chi connectivity index (χ2n) is 4.85. The Morgan fingerprint density at radius 3 is 3.00 bits per heavy atom. The lowest BCUT2D eigenvalue weighted by molar-refractivity contribution is 0.197. The molecule has 0 spiro atoms. The van der Waals surface area contributed by atoms with Crippen LogP contribution >= 0.6 is 0 Å². The molecule has 1 atom stereocenters. The third kappa shape index (κ3) is 5.21. The first-order valence-corrected chi connectivity index (χ1v) is 6.58. The van der Waals surface area contributed by atoms with Crippen molar-refractivity contribution >= 4 is 5.71 Å². The van der Waals surface area contributed by atoms with Crippen LogP contribution in [0.3, 0.4) is 0 Å². The Kier molecular flexibility index (Phi) is 6.26. The van der Waals surface area contributed by atoms with E-state index in [1.165, 1.54) is 18.4 Å². The third-order valence-electron chi connectivity index (χ3n) is 3.09. The molecule has 100 valence electrons. The van der Waals surface area contributed by atoms with Gasteiger partial charge in [0.15, 0.2) is 0 Å². The number of hydrogen-bond donors (Lipinski definition) is 1. The summed E-state index contributed by atoms with van der Waals surface area (Å²) in [7, 11) is 0. The van der Waals surface area contributed by atoms with E-state index in [0.29, 0.717) is 12.4 Å². The molecule has 1 N–H and O–H groups in total. The van der Waals surface area contributed by atoms with Crippen LogP contribution in [0.15, 0.2) is 41.9 Å². The van der Waals surface area contributed by atoms with Gasteiger partial charge in [0.2, 0.25) is 5.88 Å². The summed E-state index contributed by atoms with van der Waals surface area (Å²) in [5, 5.41) is 7.07. The average Bonchev–Trinajstić information content (AvgIpc) is 2.35. The highest BCUT2D eigenvalue weighted by molar-refractivity contribution is 6.01. The van der Waals surface area contributed by atoms with Crippen molar-refractivity contribution < 1.29 is 4.84 Å². The zero-order chi connectivity index (χ0) is 13.4. The molecule has 0 bridgehead atoms. The van der Waals surface area contributed by atoms with E-state index in [0.717, 1.165) is 24.5 Å². The number of rotatable bonds is 7. The highest BCUT2D eigenvalue weighted by Crippen LogP contribution is 2.13. The highest BCUT2D eigenvalue weighted by Gasteiger charge is 2.09. The van der Waals surface area contributed by atoms with E-state index in [1.54, 1.807) is 0 Å². The zero-order valence-corrected chi connectivity index (χ0v) is 11.5. The van der Waals surface area contributed by atoms with E-state index >= 15 is 0 Å². The van der Waals surface area contributed by atoms with Crippen LogP contribution in [-0.4, -0.2) is 12.3 Å². The van der Waals surface area contributed by atoms with E-state index in [-0.39, 0.29) is 0 Å². The van der Waals surface area contributed by atoms with Gasteiger partial charge in [0.05, 0.1) is 6.54 Å². The quantitative estimate of drug-likeness (QED) is 0.549. The van der Waals surface area contributed by atoms with Crippen LogP contribution in [0.1, 0.15) is 39.5 Å². The van der Waals surface area contributed by atoms with Crippen molar-refractivity contribution in [3.8, 4) is 0 Å². The lowest BCUT2D eigenvalue weighted by Gasteiger charge is -2.15. The molecule has 0 aromatic rings. The van der Waals surface area contributed by atoms with Crippen LogP contribution in [0.25, 0.3) is 0 Å². The molecule has 3 heteroatoms. The standard InChI is InChI=1S/C15H24N2O/c1-5-8-12(2)9-6-7-10-13(3)15-11-16-14(4)18-17-15/h5,10,12,16H,1,4,6-9,11H2,2-3H3/b13-10+. The van der Waals surface area contributed by atoms with Gasteiger partial charge in [-0.2, -0.15) is 0 Å². The first-order chi connectivity index (χ1) is 8.63. The Balaban J connectivity index is 2.29. The summed E-state index contributed by atoms with van der Waals surface area (Å²) >= 11 is 0. The Morgan fingerprint density at radius 1 is 1.61 bits per heavy atom. The fraction of sp³-hybridized carbons (Fsp3) is 0.533. The first-order valence-electron chi connectivity index (χ1n) is 6.58. The molecule has 3 nitrogen and oxygen atoms in total. The van der Waals surface area contributed by atoms with Crippen molar-refractivity contribution in [2.24, 2.45) is 11.1 Å². The molecule has 1 unspecified atom stereocenters. The Bertz CT molecular complexity index is 356. The average molecular weight is 248 g/mol. The Hall–Kier alpha value is -1.51. The summed E-state index contributed by atoms with van der Waals surface area (Å²) in [5.74, 6) is 1.25. The predicted octanol–water partition coefficient (Wildman–Crippen LogP) is 3.76. The number of hydrogen-bond acceptors (Lipinski definition) is 3. The van der Waals surface area contributed by atoms with Gasteiger partial charge in [-0.15, -0.1) is 6.58 Å². The Morgan fingerprint density at radius 2 is 2.39 bits per heavy atom. The molecule has 1 heterocycles. The molecule has 18 heavy (non-hydrogen) atoms. The monoisotopic (exact) mass is 248 g/mol. The van der Waals surface area contributed by atoms with Crippen molar-refractivity contribution in [3.63, 3.8) is 0 Å². The lowest BCUT2D eigenvalue weighted by Crippen LogP contribution is -2.28. The number of unbranched alkanes of at least 4 members (excludes halogenated alkanes) is 1. The molecular formula is C15H24N2O. The molecule has 0 aromatic carbocycles. The fourth-order valence-electron chi connectivity index (χ4n) is 1.87. The van der Waals surface area contributed by atoms with Gasteiger partial charge < -0.3 is 10.2 Å². The maximum atomic E-state index is 5.02. The summed E-state index contributed by atoms with van der Waals surface area (Å²) in [6.45, 7) is 12.5. The van der Waals surface area contributed by atoms with E-state index in [4.69, 9.17) is 4.84 Å². The maximum Gasteiger partial charge on any atom is 0.216 e. The van der Waals surface area contributed by atoms with E-state index in [9.17, 15) is 0 Å². The summed E-state index contributed by atoms with van der Waals surface area (Å²) < 4.78 is 0. The second kappa shape index (κ2) is 7.75. The van der Waals surface area contributed by atoms with Crippen LogP contribution in [0.5, 0.6) is 0 Å². The van der Waals surface area contributed by atoms with Crippen molar-refractivity contribution in [1.82, 2.24) is 5.32 Å². The molecule has 0 radical (unpaired) electrons. The minimum absolute atomic E-state index is 0.518. The highest BCUT2D eigenvalue weighted by atomic mass is 16.6. The number of allylic oxidation sites excluding steroid dienone is 2. The fourth-order valence-corrected chi connectivity index (χ4v) is 1.87. The number of nitrogens with zero attached hydrogens (tertiary/aromatic N) is 1. The Labute approximate surface area is 110 Å². The molecule has 0 aliphatic carbocycles. The summed E-state index contributed by atoms with van der Waals surface area (Å²) in [4.78, 5) is 5.02. The lowest BCUT2D eigenvalue weighted by atomic mass is 10.00. The van der Waals surface area contributed by atoms with E-state index in [1.807, 2.05) is 6.08 Å². The molecule has 1 aliphatic heterocycles. The van der Waals surface area contributed by atoms with Crippen LogP contribution in [0.2, 0.25) is 0 Å². The summed E-state index contributed by atoms with van der Waals surface area (Å²) in [6.07, 6.45) is 8.88. The van der Waals surface area contributed by atoms with Crippen LogP contribution in [0.4, 0.5) is 0 Å². The SMILES string of the molecule is C=CCC(C)CCC/C=C(\C)C1=NOC(=C)NC1. The van der Waals surface area contributed by atoms with Crippen molar-refractivity contribution in [3.05, 3.63) is 36.8 Å². The molecule has 0 saturated heterocycles. The van der Waals surface area contributed by atoms with E-state index in [2.05, 4.69) is 43.6 Å². The van der Waals surface area contributed by atoms with Crippen LogP contribution in [0, 0.1) is 5.92 Å². The number of nitrogens with one attached hydrogen (secondary N) is 1. The molecule has 1 aliphatic rings. The van der Waals surface area contributed by atoms with Crippen molar-refractivity contribution in [2.45, 2.75) is 39.5 Å². The zero-order valence-electron chi connectivity index (χ0n) is 11.5. The third-order valence-corrected chi connectivity index (χ3v) is 3.09. The minimum atomic E-state index is 0.518. The van der Waals surface area contributed by atoms with Gasteiger partial charge in [0.25, 0.3) is 0 Å². The number of oxime groups is 1. The van der Waals surface area contributed by atoms with Crippen molar-refractivity contribution in [1.29, 1.82) is 0 Å². The minimum Gasteiger partial charge on any atom is -0.349 e. The molecule has 1 rings (SSSR count). The molecule has 0 fully saturated rings. The van der Waals surface area contributed by atoms with Crippen molar-refractivity contribution in [2.75, 3.05) is 6.54 Å². The smallest absolute Gasteiger partial charge is 0.216 e. The van der Waals surface area contributed by atoms with Gasteiger partial charge in [-0.3, -0.25) is 0 Å².